The summed E-state index contributed by atoms with van der Waals surface area (Å²) in [6.45, 7) is 2.24. The Balaban J connectivity index is 2.35. The lowest BCUT2D eigenvalue weighted by Gasteiger charge is -2.09. The second kappa shape index (κ2) is 6.00. The van der Waals surface area contributed by atoms with E-state index in [0.29, 0.717) is 5.92 Å². The first kappa shape index (κ1) is 10.5. The molecule has 1 aromatic heterocycles. The van der Waals surface area contributed by atoms with Crippen molar-refractivity contribution >= 4 is 11.9 Å². The number of nitrogens with zero attached hydrogens (tertiary/aromatic N) is 1. The van der Waals surface area contributed by atoms with Gasteiger partial charge in [0.05, 0.1) is 0 Å². The molecule has 0 aliphatic carbocycles. The first-order valence-corrected chi connectivity index (χ1v) is 5.51. The maximum atomic E-state index is 4.11. The molecule has 1 atom stereocenters. The molecule has 0 aliphatic heterocycles. The van der Waals surface area contributed by atoms with Crippen LogP contribution in [0.15, 0.2) is 24.5 Å². The zero-order chi connectivity index (χ0) is 9.52. The Labute approximate surface area is 84.3 Å². The molecule has 0 bridgehead atoms. The third kappa shape index (κ3) is 3.79. The zero-order valence-electron chi connectivity index (χ0n) is 8.16. The van der Waals surface area contributed by atoms with E-state index in [-0.39, 0.29) is 0 Å². The molecule has 1 rings (SSSR count). The fraction of sp³-hybridized carbons (Fsp3) is 0.500. The van der Waals surface area contributed by atoms with Gasteiger partial charge in [0.25, 0.3) is 0 Å². The normalized spacial score (nSPS) is 12.8. The predicted octanol–water partition coefficient (Wildman–Crippen LogP) is 2.44. The van der Waals surface area contributed by atoms with Crippen LogP contribution in [0.5, 0.6) is 0 Å². The van der Waals surface area contributed by atoms with Gasteiger partial charge in [-0.3, -0.25) is 9.71 Å². The summed E-state index contributed by atoms with van der Waals surface area (Å²) in [7, 11) is 1.96. The van der Waals surface area contributed by atoms with Gasteiger partial charge < -0.3 is 0 Å². The number of rotatable bonds is 5. The van der Waals surface area contributed by atoms with E-state index in [1.165, 1.54) is 12.0 Å². The van der Waals surface area contributed by atoms with E-state index >= 15 is 0 Å². The van der Waals surface area contributed by atoms with Gasteiger partial charge in [-0.05, 0) is 31.0 Å². The lowest BCUT2D eigenvalue weighted by molar-refractivity contribution is 0.736. The quantitative estimate of drug-likeness (QED) is 0.578. The van der Waals surface area contributed by atoms with Crippen molar-refractivity contribution in [2.24, 2.45) is 0 Å². The van der Waals surface area contributed by atoms with Crippen molar-refractivity contribution in [2.75, 3.05) is 12.8 Å². The smallest absolute Gasteiger partial charge is 0.0302 e. The Morgan fingerprint density at radius 2 is 2.46 bits per heavy atom. The molecule has 0 radical (unpaired) electrons. The van der Waals surface area contributed by atoms with Crippen molar-refractivity contribution < 1.29 is 0 Å². The monoisotopic (exact) mass is 196 g/mol. The van der Waals surface area contributed by atoms with E-state index in [9.17, 15) is 0 Å². The summed E-state index contributed by atoms with van der Waals surface area (Å²) in [5.74, 6) is 1.75. The average molecular weight is 196 g/mol. The highest BCUT2D eigenvalue weighted by atomic mass is 32.2. The summed E-state index contributed by atoms with van der Waals surface area (Å²) in [5.41, 5.74) is 1.33. The maximum Gasteiger partial charge on any atom is 0.0302 e. The molecule has 1 unspecified atom stereocenters. The molecule has 0 saturated heterocycles. The van der Waals surface area contributed by atoms with E-state index in [1.54, 1.807) is 11.9 Å². The second-order valence-corrected chi connectivity index (χ2v) is 4.13. The standard InChI is InChI=1S/C10H16N2S/c1-9(5-7-13-11-2)10-4-3-6-12-8-10/h3-4,6,8-9,11H,5,7H2,1-2H3. The molecule has 2 nitrogen and oxygen atoms in total. The first-order valence-electron chi connectivity index (χ1n) is 4.53. The Morgan fingerprint density at radius 1 is 1.62 bits per heavy atom. The third-order valence-corrected chi connectivity index (χ3v) is 2.78. The molecule has 72 valence electrons. The van der Waals surface area contributed by atoms with Gasteiger partial charge in [0, 0.05) is 18.1 Å². The van der Waals surface area contributed by atoms with Gasteiger partial charge >= 0.3 is 0 Å². The van der Waals surface area contributed by atoms with E-state index < -0.39 is 0 Å². The van der Waals surface area contributed by atoms with Crippen LogP contribution in [0, 0.1) is 0 Å². The number of hydrogen-bond donors (Lipinski definition) is 1. The summed E-state index contributed by atoms with van der Waals surface area (Å²) in [4.78, 5) is 4.11. The van der Waals surface area contributed by atoms with Gasteiger partial charge in [0.2, 0.25) is 0 Å². The summed E-state index contributed by atoms with van der Waals surface area (Å²) in [6, 6.07) is 4.14. The van der Waals surface area contributed by atoms with Gasteiger partial charge in [-0.25, -0.2) is 0 Å². The van der Waals surface area contributed by atoms with Crippen LogP contribution >= 0.6 is 11.9 Å². The number of aromatic nitrogens is 1. The van der Waals surface area contributed by atoms with E-state index in [0.717, 1.165) is 5.75 Å². The van der Waals surface area contributed by atoms with Gasteiger partial charge in [-0.2, -0.15) is 0 Å². The van der Waals surface area contributed by atoms with Crippen LogP contribution in [-0.4, -0.2) is 17.8 Å². The zero-order valence-corrected chi connectivity index (χ0v) is 8.97. The third-order valence-electron chi connectivity index (χ3n) is 2.05. The van der Waals surface area contributed by atoms with Crippen molar-refractivity contribution in [2.45, 2.75) is 19.3 Å². The molecule has 0 spiro atoms. The minimum Gasteiger partial charge on any atom is -0.267 e. The number of nitrogens with one attached hydrogen (secondary N) is 1. The highest BCUT2D eigenvalue weighted by molar-refractivity contribution is 7.97. The molecule has 0 fully saturated rings. The molecule has 0 aromatic carbocycles. The lowest BCUT2D eigenvalue weighted by Crippen LogP contribution is -1.99. The predicted molar refractivity (Wildman–Crippen MR) is 58.8 cm³/mol. The van der Waals surface area contributed by atoms with Crippen LogP contribution in [0.2, 0.25) is 0 Å². The van der Waals surface area contributed by atoms with Gasteiger partial charge in [0.1, 0.15) is 0 Å². The molecule has 1 N–H and O–H groups in total. The van der Waals surface area contributed by atoms with Gasteiger partial charge in [0.15, 0.2) is 0 Å². The topological polar surface area (TPSA) is 24.9 Å². The largest absolute Gasteiger partial charge is 0.267 e. The summed E-state index contributed by atoms with van der Waals surface area (Å²) in [5, 5.41) is 0. The molecule has 13 heavy (non-hydrogen) atoms. The summed E-state index contributed by atoms with van der Waals surface area (Å²) in [6.07, 6.45) is 4.96. The van der Waals surface area contributed by atoms with Gasteiger partial charge in [-0.15, -0.1) is 0 Å². The Hall–Kier alpha value is -0.540. The molecular weight excluding hydrogens is 180 g/mol. The molecule has 0 amide bonds. The second-order valence-electron chi connectivity index (χ2n) is 3.03. The lowest BCUT2D eigenvalue weighted by atomic mass is 10.0. The van der Waals surface area contributed by atoms with E-state index in [4.69, 9.17) is 0 Å². The van der Waals surface area contributed by atoms with Crippen LogP contribution in [0.3, 0.4) is 0 Å². The number of hydrogen-bond acceptors (Lipinski definition) is 3. The minimum absolute atomic E-state index is 0.606. The van der Waals surface area contributed by atoms with Crippen LogP contribution < -0.4 is 4.72 Å². The van der Waals surface area contributed by atoms with Crippen LogP contribution in [0.1, 0.15) is 24.8 Å². The highest BCUT2D eigenvalue weighted by Gasteiger charge is 2.03. The molecule has 1 aromatic rings. The molecule has 0 aliphatic rings. The number of pyridine rings is 1. The van der Waals surface area contributed by atoms with E-state index in [1.807, 2.05) is 25.5 Å². The summed E-state index contributed by atoms with van der Waals surface area (Å²) >= 11 is 1.76. The Morgan fingerprint density at radius 3 is 3.08 bits per heavy atom. The van der Waals surface area contributed by atoms with Crippen LogP contribution in [0.4, 0.5) is 0 Å². The van der Waals surface area contributed by atoms with Crippen molar-refractivity contribution in [1.82, 2.24) is 9.71 Å². The molecule has 1 heterocycles. The molecule has 0 saturated carbocycles. The fourth-order valence-electron chi connectivity index (χ4n) is 1.17. The van der Waals surface area contributed by atoms with Crippen LogP contribution in [-0.2, 0) is 0 Å². The molecule has 3 heteroatoms. The maximum absolute atomic E-state index is 4.11. The first-order chi connectivity index (χ1) is 6.34. The Kier molecular flexibility index (Phi) is 4.86. The fourth-order valence-corrected chi connectivity index (χ4v) is 1.85. The highest BCUT2D eigenvalue weighted by Crippen LogP contribution is 2.18. The summed E-state index contributed by atoms with van der Waals surface area (Å²) < 4.78 is 3.08. The average Bonchev–Trinajstić information content (AvgIpc) is 2.19. The van der Waals surface area contributed by atoms with Crippen molar-refractivity contribution in [1.29, 1.82) is 0 Å². The molecular formula is C10H16N2S. The minimum atomic E-state index is 0.606. The van der Waals surface area contributed by atoms with Crippen molar-refractivity contribution in [3.05, 3.63) is 30.1 Å². The van der Waals surface area contributed by atoms with Gasteiger partial charge in [-0.1, -0.05) is 24.9 Å². The van der Waals surface area contributed by atoms with Crippen LogP contribution in [0.25, 0.3) is 0 Å². The van der Waals surface area contributed by atoms with E-state index in [2.05, 4.69) is 22.7 Å². The Bertz CT molecular complexity index is 226. The van der Waals surface area contributed by atoms with Crippen molar-refractivity contribution in [3.63, 3.8) is 0 Å². The van der Waals surface area contributed by atoms with Crippen molar-refractivity contribution in [3.8, 4) is 0 Å². The SMILES string of the molecule is CNSCCC(C)c1cccnc1.